The Balaban J connectivity index is 1.93. The third-order valence-electron chi connectivity index (χ3n) is 4.99. The highest BCUT2D eigenvalue weighted by atomic mass is 35.5. The van der Waals surface area contributed by atoms with E-state index in [4.69, 9.17) is 16.3 Å². The molecule has 0 aromatic heterocycles. The molecule has 0 fully saturated rings. The van der Waals surface area contributed by atoms with Crippen molar-refractivity contribution in [3.63, 3.8) is 0 Å². The maximum absolute atomic E-state index is 13.6. The van der Waals surface area contributed by atoms with Crippen molar-refractivity contribution in [1.82, 2.24) is 5.32 Å². The number of amides is 1. The molecule has 6 nitrogen and oxygen atoms in total. The minimum absolute atomic E-state index is 0.0587. The van der Waals surface area contributed by atoms with E-state index in [1.807, 2.05) is 44.2 Å². The second-order valence-electron chi connectivity index (χ2n) is 8.24. The lowest BCUT2D eigenvalue weighted by Gasteiger charge is -2.30. The van der Waals surface area contributed by atoms with Crippen LogP contribution in [0.1, 0.15) is 19.4 Å². The zero-order chi connectivity index (χ0) is 24.1. The third-order valence-corrected chi connectivity index (χ3v) is 7.00. The SMILES string of the molecule is COc1ccc(Cl)cc1N(CC(=O)NC(C)(C)Cc1ccccc1)S(=O)(=O)c1ccccc1. The smallest absolute Gasteiger partial charge is 0.264 e. The van der Waals surface area contributed by atoms with Gasteiger partial charge < -0.3 is 10.1 Å². The Kier molecular flexibility index (Phi) is 7.66. The number of ether oxygens (including phenoxy) is 1. The first-order valence-corrected chi connectivity index (χ1v) is 12.2. The zero-order valence-electron chi connectivity index (χ0n) is 18.8. The molecule has 0 unspecified atom stereocenters. The molecular weight excluding hydrogens is 460 g/mol. The first kappa shape index (κ1) is 24.6. The summed E-state index contributed by atoms with van der Waals surface area (Å²) < 4.78 is 33.5. The van der Waals surface area contributed by atoms with Gasteiger partial charge in [-0.2, -0.15) is 0 Å². The van der Waals surface area contributed by atoms with E-state index in [9.17, 15) is 13.2 Å². The second kappa shape index (κ2) is 10.3. The molecule has 8 heteroatoms. The number of carbonyl (C=O) groups excluding carboxylic acids is 1. The van der Waals surface area contributed by atoms with E-state index in [0.29, 0.717) is 11.4 Å². The van der Waals surface area contributed by atoms with Crippen LogP contribution in [0.25, 0.3) is 0 Å². The number of hydrogen-bond donors (Lipinski definition) is 1. The van der Waals surface area contributed by atoms with Crippen LogP contribution < -0.4 is 14.4 Å². The van der Waals surface area contributed by atoms with Crippen molar-refractivity contribution >= 4 is 33.2 Å². The first-order valence-electron chi connectivity index (χ1n) is 10.4. The molecule has 0 atom stereocenters. The first-order chi connectivity index (χ1) is 15.6. The number of methoxy groups -OCH3 is 1. The molecule has 1 amide bonds. The molecule has 3 aromatic carbocycles. The van der Waals surface area contributed by atoms with E-state index in [2.05, 4.69) is 5.32 Å². The van der Waals surface area contributed by atoms with Crippen LogP contribution in [-0.4, -0.2) is 33.5 Å². The van der Waals surface area contributed by atoms with Crippen molar-refractivity contribution in [2.24, 2.45) is 0 Å². The van der Waals surface area contributed by atoms with Crippen LogP contribution in [0, 0.1) is 0 Å². The summed E-state index contributed by atoms with van der Waals surface area (Å²) in [6.07, 6.45) is 0.589. The quantitative estimate of drug-likeness (QED) is 0.476. The van der Waals surface area contributed by atoms with Crippen LogP contribution >= 0.6 is 11.6 Å². The van der Waals surface area contributed by atoms with Crippen LogP contribution in [0.5, 0.6) is 5.75 Å². The standard InChI is InChI=1S/C25H27ClN2O4S/c1-25(2,17-19-10-6-4-7-11-19)27-24(29)18-28(22-16-20(26)14-15-23(22)32-3)33(30,31)21-12-8-5-9-13-21/h4-16H,17-18H2,1-3H3,(H,27,29). The van der Waals surface area contributed by atoms with Gasteiger partial charge in [0, 0.05) is 10.6 Å². The van der Waals surface area contributed by atoms with Gasteiger partial charge in [0.25, 0.3) is 10.0 Å². The van der Waals surface area contributed by atoms with Gasteiger partial charge in [0.15, 0.2) is 0 Å². The van der Waals surface area contributed by atoms with Gasteiger partial charge in [0.1, 0.15) is 12.3 Å². The summed E-state index contributed by atoms with van der Waals surface area (Å²) in [6, 6.07) is 22.4. The van der Waals surface area contributed by atoms with Gasteiger partial charge >= 0.3 is 0 Å². The average Bonchev–Trinajstić information content (AvgIpc) is 2.78. The number of carbonyl (C=O) groups is 1. The summed E-state index contributed by atoms with van der Waals surface area (Å²) in [5.74, 6) is -0.160. The van der Waals surface area contributed by atoms with Crippen molar-refractivity contribution in [2.75, 3.05) is 18.0 Å². The minimum Gasteiger partial charge on any atom is -0.495 e. The molecule has 0 saturated carbocycles. The van der Waals surface area contributed by atoms with Crippen molar-refractivity contribution in [3.8, 4) is 5.75 Å². The number of benzene rings is 3. The van der Waals surface area contributed by atoms with Gasteiger partial charge in [-0.25, -0.2) is 8.42 Å². The Labute approximate surface area is 200 Å². The van der Waals surface area contributed by atoms with Crippen LogP contribution in [0.3, 0.4) is 0 Å². The monoisotopic (exact) mass is 486 g/mol. The summed E-state index contributed by atoms with van der Waals surface area (Å²) in [6.45, 7) is 3.36. The number of nitrogens with zero attached hydrogens (tertiary/aromatic N) is 1. The number of hydrogen-bond acceptors (Lipinski definition) is 4. The van der Waals surface area contributed by atoms with Crippen LogP contribution in [-0.2, 0) is 21.2 Å². The Morgan fingerprint density at radius 2 is 1.61 bits per heavy atom. The number of nitrogens with one attached hydrogen (secondary N) is 1. The van der Waals surface area contributed by atoms with Crippen molar-refractivity contribution in [1.29, 1.82) is 0 Å². The maximum atomic E-state index is 13.6. The van der Waals surface area contributed by atoms with E-state index in [0.717, 1.165) is 9.87 Å². The summed E-state index contributed by atoms with van der Waals surface area (Å²) >= 11 is 6.17. The highest BCUT2D eigenvalue weighted by Crippen LogP contribution is 2.34. The van der Waals surface area contributed by atoms with Crippen LogP contribution in [0.2, 0.25) is 5.02 Å². The zero-order valence-corrected chi connectivity index (χ0v) is 20.4. The predicted molar refractivity (Wildman–Crippen MR) is 131 cm³/mol. The lowest BCUT2D eigenvalue weighted by molar-refractivity contribution is -0.121. The molecule has 174 valence electrons. The van der Waals surface area contributed by atoms with E-state index in [1.165, 1.54) is 25.3 Å². The molecule has 33 heavy (non-hydrogen) atoms. The molecule has 3 rings (SSSR count). The van der Waals surface area contributed by atoms with E-state index in [-0.39, 0.29) is 16.3 Å². The Bertz CT molecular complexity index is 1200. The molecule has 0 bridgehead atoms. The molecular formula is C25H27ClN2O4S. The van der Waals surface area contributed by atoms with Gasteiger partial charge in [-0.3, -0.25) is 9.10 Å². The van der Waals surface area contributed by atoms with Crippen molar-refractivity contribution < 1.29 is 17.9 Å². The fraction of sp³-hybridized carbons (Fsp3) is 0.240. The summed E-state index contributed by atoms with van der Waals surface area (Å²) in [5, 5.41) is 3.28. The number of rotatable bonds is 9. The molecule has 0 aliphatic rings. The van der Waals surface area contributed by atoms with Crippen molar-refractivity contribution in [2.45, 2.75) is 30.7 Å². The van der Waals surface area contributed by atoms with Gasteiger partial charge in [-0.05, 0) is 56.2 Å². The Hall–Kier alpha value is -3.03. The van der Waals surface area contributed by atoms with Gasteiger partial charge in [-0.1, -0.05) is 60.1 Å². The molecule has 1 N–H and O–H groups in total. The predicted octanol–water partition coefficient (Wildman–Crippen LogP) is 4.68. The minimum atomic E-state index is -4.08. The van der Waals surface area contributed by atoms with Gasteiger partial charge in [0.05, 0.1) is 17.7 Å². The van der Waals surface area contributed by atoms with E-state index in [1.54, 1.807) is 30.3 Å². The lowest BCUT2D eigenvalue weighted by atomic mass is 9.95. The van der Waals surface area contributed by atoms with Crippen molar-refractivity contribution in [3.05, 3.63) is 89.4 Å². The number of anilines is 1. The Morgan fingerprint density at radius 3 is 2.21 bits per heavy atom. The molecule has 0 spiro atoms. The van der Waals surface area contributed by atoms with E-state index >= 15 is 0 Å². The number of halogens is 1. The number of sulfonamides is 1. The summed E-state index contributed by atoms with van der Waals surface area (Å²) in [4.78, 5) is 13.2. The fourth-order valence-electron chi connectivity index (χ4n) is 3.58. The summed E-state index contributed by atoms with van der Waals surface area (Å²) in [5.41, 5.74) is 0.650. The second-order valence-corrected chi connectivity index (χ2v) is 10.5. The van der Waals surface area contributed by atoms with Crippen LogP contribution in [0.15, 0.2) is 83.8 Å². The third kappa shape index (κ3) is 6.27. The molecule has 0 aliphatic heterocycles. The normalized spacial score (nSPS) is 11.6. The largest absolute Gasteiger partial charge is 0.495 e. The highest BCUT2D eigenvalue weighted by Gasteiger charge is 2.31. The molecule has 0 saturated heterocycles. The van der Waals surface area contributed by atoms with Gasteiger partial charge in [0.2, 0.25) is 5.91 Å². The van der Waals surface area contributed by atoms with Crippen LogP contribution in [0.4, 0.5) is 5.69 Å². The highest BCUT2D eigenvalue weighted by molar-refractivity contribution is 7.92. The lowest BCUT2D eigenvalue weighted by Crippen LogP contribution is -2.50. The topological polar surface area (TPSA) is 75.7 Å². The average molecular weight is 487 g/mol. The fourth-order valence-corrected chi connectivity index (χ4v) is 5.19. The summed E-state index contributed by atoms with van der Waals surface area (Å²) in [7, 11) is -2.65. The molecule has 0 radical (unpaired) electrons. The molecule has 0 aliphatic carbocycles. The molecule has 0 heterocycles. The maximum Gasteiger partial charge on any atom is 0.264 e. The van der Waals surface area contributed by atoms with Gasteiger partial charge in [-0.15, -0.1) is 0 Å². The van der Waals surface area contributed by atoms with E-state index < -0.39 is 28.0 Å². The Morgan fingerprint density at radius 1 is 1.00 bits per heavy atom. The molecule has 3 aromatic rings.